The van der Waals surface area contributed by atoms with Crippen molar-refractivity contribution >= 4 is 15.9 Å². The number of hydrogen-bond donors (Lipinski definition) is 1. The minimum absolute atomic E-state index is 0.0516. The minimum Gasteiger partial charge on any atom is -0.495 e. The zero-order chi connectivity index (χ0) is 21.6. The fraction of sp³-hybridized carbons (Fsp3) is 0.435. The van der Waals surface area contributed by atoms with Crippen LogP contribution >= 0.6 is 0 Å². The molecule has 0 aromatic heterocycles. The molecule has 6 nitrogen and oxygen atoms in total. The van der Waals surface area contributed by atoms with Crippen LogP contribution in [0.5, 0.6) is 5.75 Å². The molecule has 2 aromatic rings. The lowest BCUT2D eigenvalue weighted by Gasteiger charge is -2.32. The summed E-state index contributed by atoms with van der Waals surface area (Å²) in [5, 5.41) is 2.89. The molecule has 1 atom stereocenters. The summed E-state index contributed by atoms with van der Waals surface area (Å²) >= 11 is 0. The molecule has 1 fully saturated rings. The number of benzene rings is 2. The summed E-state index contributed by atoms with van der Waals surface area (Å²) in [4.78, 5) is 12.7. The maximum Gasteiger partial charge on any atom is 0.251 e. The number of carbonyl (C=O) groups is 1. The third-order valence-corrected chi connectivity index (χ3v) is 7.56. The van der Waals surface area contributed by atoms with Crippen molar-refractivity contribution in [3.05, 3.63) is 59.7 Å². The van der Waals surface area contributed by atoms with Gasteiger partial charge in [-0.05, 0) is 56.4 Å². The zero-order valence-electron chi connectivity index (χ0n) is 17.6. The molecule has 30 heavy (non-hydrogen) atoms. The normalized spacial score (nSPS) is 17.5. The molecule has 162 valence electrons. The van der Waals surface area contributed by atoms with Crippen LogP contribution in [0, 0.1) is 0 Å². The number of sulfonamides is 1. The standard InChI is InChI=1S/C23H30N2O4S/c1-18-9-6-7-16-25(18)30(27,28)22-17-20(13-14-21(22)29-2)23(26)24-15-8-12-19-10-4-3-5-11-19/h3-5,10-11,13-14,17-18H,6-9,12,15-16H2,1-2H3,(H,24,26). The fourth-order valence-electron chi connectivity index (χ4n) is 3.82. The van der Waals surface area contributed by atoms with Crippen molar-refractivity contribution in [1.29, 1.82) is 0 Å². The first-order chi connectivity index (χ1) is 14.4. The molecule has 1 unspecified atom stereocenters. The van der Waals surface area contributed by atoms with E-state index in [1.165, 1.54) is 23.0 Å². The summed E-state index contributed by atoms with van der Waals surface area (Å²) in [6, 6.07) is 14.6. The SMILES string of the molecule is COc1ccc(C(=O)NCCCc2ccccc2)cc1S(=O)(=O)N1CCCCC1C. The van der Waals surface area contributed by atoms with E-state index in [1.807, 2.05) is 25.1 Å². The molecule has 0 spiro atoms. The van der Waals surface area contributed by atoms with Gasteiger partial charge in [-0.1, -0.05) is 36.8 Å². The van der Waals surface area contributed by atoms with Crippen LogP contribution < -0.4 is 10.1 Å². The molecule has 1 aliphatic heterocycles. The van der Waals surface area contributed by atoms with E-state index in [9.17, 15) is 13.2 Å². The van der Waals surface area contributed by atoms with Crippen molar-refractivity contribution < 1.29 is 17.9 Å². The summed E-state index contributed by atoms with van der Waals surface area (Å²) in [5.74, 6) is -0.0257. The van der Waals surface area contributed by atoms with Gasteiger partial charge in [0.25, 0.3) is 5.91 Å². The molecule has 1 N–H and O–H groups in total. The number of hydrogen-bond acceptors (Lipinski definition) is 4. The van der Waals surface area contributed by atoms with Crippen molar-refractivity contribution in [2.24, 2.45) is 0 Å². The van der Waals surface area contributed by atoms with Gasteiger partial charge < -0.3 is 10.1 Å². The van der Waals surface area contributed by atoms with Gasteiger partial charge in [0.05, 0.1) is 7.11 Å². The molecule has 2 aromatic carbocycles. The average molecular weight is 431 g/mol. The van der Waals surface area contributed by atoms with E-state index in [4.69, 9.17) is 4.74 Å². The first-order valence-corrected chi connectivity index (χ1v) is 11.9. The second kappa shape index (κ2) is 10.1. The summed E-state index contributed by atoms with van der Waals surface area (Å²) in [6.45, 7) is 2.93. The van der Waals surface area contributed by atoms with Crippen LogP contribution in [0.4, 0.5) is 0 Å². The van der Waals surface area contributed by atoms with Crippen LogP contribution in [0.15, 0.2) is 53.4 Å². The van der Waals surface area contributed by atoms with Crippen molar-refractivity contribution in [2.75, 3.05) is 20.2 Å². The zero-order valence-corrected chi connectivity index (χ0v) is 18.5. The number of piperidine rings is 1. The maximum absolute atomic E-state index is 13.3. The van der Waals surface area contributed by atoms with Gasteiger partial charge >= 0.3 is 0 Å². The van der Waals surface area contributed by atoms with Crippen LogP contribution in [0.25, 0.3) is 0 Å². The third kappa shape index (κ3) is 5.21. The minimum atomic E-state index is -3.74. The van der Waals surface area contributed by atoms with E-state index in [0.29, 0.717) is 18.7 Å². The van der Waals surface area contributed by atoms with Crippen LogP contribution in [-0.4, -0.2) is 44.9 Å². The van der Waals surface area contributed by atoms with Gasteiger partial charge in [0.15, 0.2) is 0 Å². The molecule has 1 saturated heterocycles. The molecule has 0 bridgehead atoms. The van der Waals surface area contributed by atoms with Gasteiger partial charge in [-0.25, -0.2) is 8.42 Å². The van der Waals surface area contributed by atoms with E-state index in [2.05, 4.69) is 17.4 Å². The second-order valence-corrected chi connectivity index (χ2v) is 9.53. The molecule has 1 amide bonds. The molecule has 0 radical (unpaired) electrons. The van der Waals surface area contributed by atoms with Gasteiger partial charge in [-0.3, -0.25) is 4.79 Å². The van der Waals surface area contributed by atoms with Gasteiger partial charge in [-0.2, -0.15) is 4.31 Å². The van der Waals surface area contributed by atoms with Crippen molar-refractivity contribution in [1.82, 2.24) is 9.62 Å². The quantitative estimate of drug-likeness (QED) is 0.649. The highest BCUT2D eigenvalue weighted by Crippen LogP contribution is 2.31. The Morgan fingerprint density at radius 3 is 2.63 bits per heavy atom. The molecule has 7 heteroatoms. The Bertz CT molecular complexity index is 960. The number of nitrogens with one attached hydrogen (secondary N) is 1. The van der Waals surface area contributed by atoms with Crippen LogP contribution in [0.3, 0.4) is 0 Å². The van der Waals surface area contributed by atoms with Gasteiger partial charge in [0.1, 0.15) is 10.6 Å². The van der Waals surface area contributed by atoms with Crippen molar-refractivity contribution in [2.45, 2.75) is 50.0 Å². The molecule has 0 saturated carbocycles. The maximum atomic E-state index is 13.3. The van der Waals surface area contributed by atoms with E-state index in [-0.39, 0.29) is 22.6 Å². The Morgan fingerprint density at radius 1 is 1.17 bits per heavy atom. The Balaban J connectivity index is 1.71. The highest BCUT2D eigenvalue weighted by atomic mass is 32.2. The highest BCUT2D eigenvalue weighted by Gasteiger charge is 2.33. The first kappa shape index (κ1) is 22.3. The lowest BCUT2D eigenvalue weighted by molar-refractivity contribution is 0.0953. The largest absolute Gasteiger partial charge is 0.495 e. The average Bonchev–Trinajstić information content (AvgIpc) is 2.77. The second-order valence-electron chi connectivity index (χ2n) is 7.67. The predicted molar refractivity (Wildman–Crippen MR) is 117 cm³/mol. The molecular weight excluding hydrogens is 400 g/mol. The number of amides is 1. The summed E-state index contributed by atoms with van der Waals surface area (Å²) in [7, 11) is -2.30. The monoisotopic (exact) mass is 430 g/mol. The van der Waals surface area contributed by atoms with Crippen LogP contribution in [0.1, 0.15) is 48.5 Å². The van der Waals surface area contributed by atoms with E-state index < -0.39 is 10.0 Å². The lowest BCUT2D eigenvalue weighted by Crippen LogP contribution is -2.42. The summed E-state index contributed by atoms with van der Waals surface area (Å²) < 4.78 is 33.4. The van der Waals surface area contributed by atoms with E-state index in [1.54, 1.807) is 12.1 Å². The first-order valence-electron chi connectivity index (χ1n) is 10.5. The third-order valence-electron chi connectivity index (χ3n) is 5.53. The summed E-state index contributed by atoms with van der Waals surface area (Å²) in [6.07, 6.45) is 4.38. The van der Waals surface area contributed by atoms with Crippen molar-refractivity contribution in [3.63, 3.8) is 0 Å². The van der Waals surface area contributed by atoms with E-state index >= 15 is 0 Å². The number of aryl methyl sites for hydroxylation is 1. The Morgan fingerprint density at radius 2 is 1.93 bits per heavy atom. The fourth-order valence-corrected chi connectivity index (χ4v) is 5.70. The number of ether oxygens (including phenoxy) is 1. The smallest absolute Gasteiger partial charge is 0.251 e. The van der Waals surface area contributed by atoms with Gasteiger partial charge in [0, 0.05) is 24.7 Å². The molecule has 0 aliphatic carbocycles. The number of rotatable bonds is 8. The Kier molecular flexibility index (Phi) is 7.50. The Hall–Kier alpha value is -2.38. The van der Waals surface area contributed by atoms with Crippen LogP contribution in [-0.2, 0) is 16.4 Å². The van der Waals surface area contributed by atoms with Crippen molar-refractivity contribution in [3.8, 4) is 5.75 Å². The molecule has 3 rings (SSSR count). The van der Waals surface area contributed by atoms with Gasteiger partial charge in [-0.15, -0.1) is 0 Å². The predicted octanol–water partition coefficient (Wildman–Crippen LogP) is 3.62. The number of methoxy groups -OCH3 is 1. The summed E-state index contributed by atoms with van der Waals surface area (Å²) in [5.41, 5.74) is 1.54. The topological polar surface area (TPSA) is 75.7 Å². The number of nitrogens with zero attached hydrogens (tertiary/aromatic N) is 1. The Labute approximate surface area is 179 Å². The van der Waals surface area contributed by atoms with Gasteiger partial charge in [0.2, 0.25) is 10.0 Å². The van der Waals surface area contributed by atoms with Crippen LogP contribution in [0.2, 0.25) is 0 Å². The van der Waals surface area contributed by atoms with E-state index in [0.717, 1.165) is 32.1 Å². The number of carbonyl (C=O) groups excluding carboxylic acids is 1. The molecular formula is C23H30N2O4S. The lowest BCUT2D eigenvalue weighted by atomic mass is 10.1. The molecule has 1 aliphatic rings. The highest BCUT2D eigenvalue weighted by molar-refractivity contribution is 7.89. The molecule has 1 heterocycles.